The molecule has 0 aliphatic carbocycles. The SMILES string of the molecule is CCc1c(C(=O)O)nnn1Cc1cc(F)ccc1Cl. The number of nitrogens with zero attached hydrogens (tertiary/aromatic N) is 3. The molecule has 0 fully saturated rings. The van der Waals surface area contributed by atoms with Gasteiger partial charge < -0.3 is 5.11 Å². The molecule has 1 aromatic carbocycles. The van der Waals surface area contributed by atoms with Crippen LogP contribution in [0.4, 0.5) is 4.39 Å². The van der Waals surface area contributed by atoms with Gasteiger partial charge in [-0.2, -0.15) is 0 Å². The highest BCUT2D eigenvalue weighted by Crippen LogP contribution is 2.19. The summed E-state index contributed by atoms with van der Waals surface area (Å²) in [5.74, 6) is -1.54. The average molecular weight is 284 g/mol. The second kappa shape index (κ2) is 5.36. The molecule has 7 heteroatoms. The maximum Gasteiger partial charge on any atom is 0.358 e. The van der Waals surface area contributed by atoms with E-state index in [1.165, 1.54) is 22.9 Å². The first-order valence-corrected chi connectivity index (χ1v) is 6.00. The van der Waals surface area contributed by atoms with E-state index in [-0.39, 0.29) is 12.2 Å². The zero-order chi connectivity index (χ0) is 14.0. The predicted octanol–water partition coefficient (Wildman–Crippen LogP) is 2.38. The minimum Gasteiger partial charge on any atom is -0.476 e. The van der Waals surface area contributed by atoms with Crippen molar-refractivity contribution in [1.82, 2.24) is 15.0 Å². The highest BCUT2D eigenvalue weighted by Gasteiger charge is 2.18. The molecule has 0 aliphatic heterocycles. The monoisotopic (exact) mass is 283 g/mol. The predicted molar refractivity (Wildman–Crippen MR) is 66.9 cm³/mol. The smallest absolute Gasteiger partial charge is 0.358 e. The lowest BCUT2D eigenvalue weighted by Gasteiger charge is -2.07. The zero-order valence-electron chi connectivity index (χ0n) is 10.1. The van der Waals surface area contributed by atoms with Gasteiger partial charge in [-0.3, -0.25) is 0 Å². The van der Waals surface area contributed by atoms with Crippen LogP contribution < -0.4 is 0 Å². The molecule has 0 amide bonds. The van der Waals surface area contributed by atoms with Gasteiger partial charge in [-0.05, 0) is 30.2 Å². The van der Waals surface area contributed by atoms with Crippen LogP contribution in [0.25, 0.3) is 0 Å². The lowest BCUT2D eigenvalue weighted by molar-refractivity contribution is 0.0689. The van der Waals surface area contributed by atoms with Crippen molar-refractivity contribution in [3.8, 4) is 0 Å². The normalized spacial score (nSPS) is 10.7. The largest absolute Gasteiger partial charge is 0.476 e. The Hall–Kier alpha value is -1.95. The molecule has 0 saturated heterocycles. The third-order valence-corrected chi connectivity index (χ3v) is 3.07. The quantitative estimate of drug-likeness (QED) is 0.935. The summed E-state index contributed by atoms with van der Waals surface area (Å²) in [5, 5.41) is 16.8. The molecule has 0 spiro atoms. The van der Waals surface area contributed by atoms with Crippen molar-refractivity contribution < 1.29 is 14.3 Å². The van der Waals surface area contributed by atoms with Crippen LogP contribution in [-0.4, -0.2) is 26.1 Å². The molecular weight excluding hydrogens is 273 g/mol. The van der Waals surface area contributed by atoms with E-state index >= 15 is 0 Å². The zero-order valence-corrected chi connectivity index (χ0v) is 10.9. The summed E-state index contributed by atoms with van der Waals surface area (Å²) in [6.07, 6.45) is 0.460. The van der Waals surface area contributed by atoms with Gasteiger partial charge >= 0.3 is 5.97 Å². The lowest BCUT2D eigenvalue weighted by Crippen LogP contribution is -2.09. The summed E-state index contributed by atoms with van der Waals surface area (Å²) in [7, 11) is 0. The Morgan fingerprint density at radius 1 is 1.53 bits per heavy atom. The van der Waals surface area contributed by atoms with E-state index in [4.69, 9.17) is 16.7 Å². The number of carbonyl (C=O) groups is 1. The molecular formula is C12H11ClFN3O2. The minimum absolute atomic E-state index is 0.0879. The first-order valence-electron chi connectivity index (χ1n) is 5.62. The van der Waals surface area contributed by atoms with Crippen LogP contribution in [0.1, 0.15) is 28.7 Å². The Balaban J connectivity index is 2.38. The summed E-state index contributed by atoms with van der Waals surface area (Å²) >= 11 is 5.97. The molecule has 0 saturated carbocycles. The lowest BCUT2D eigenvalue weighted by atomic mass is 10.2. The van der Waals surface area contributed by atoms with Crippen LogP contribution in [0.2, 0.25) is 5.02 Å². The number of carboxylic acids is 1. The molecule has 0 bridgehead atoms. The highest BCUT2D eigenvalue weighted by molar-refractivity contribution is 6.31. The van der Waals surface area contributed by atoms with Crippen LogP contribution in [-0.2, 0) is 13.0 Å². The molecule has 0 atom stereocenters. The Kier molecular flexibility index (Phi) is 3.80. The number of rotatable bonds is 4. The first kappa shape index (κ1) is 13.5. The molecule has 1 heterocycles. The van der Waals surface area contributed by atoms with E-state index in [0.29, 0.717) is 22.7 Å². The van der Waals surface area contributed by atoms with Crippen LogP contribution >= 0.6 is 11.6 Å². The molecule has 1 N–H and O–H groups in total. The number of hydrogen-bond acceptors (Lipinski definition) is 3. The van der Waals surface area contributed by atoms with Gasteiger partial charge in [0.05, 0.1) is 12.2 Å². The maximum atomic E-state index is 13.2. The molecule has 2 rings (SSSR count). The van der Waals surface area contributed by atoms with E-state index in [1.807, 2.05) is 0 Å². The molecule has 1 aromatic heterocycles. The number of aromatic nitrogens is 3. The second-order valence-corrected chi connectivity index (χ2v) is 4.34. The van der Waals surface area contributed by atoms with Crippen LogP contribution in [0.15, 0.2) is 18.2 Å². The average Bonchev–Trinajstić information content (AvgIpc) is 2.76. The van der Waals surface area contributed by atoms with E-state index in [2.05, 4.69) is 10.3 Å². The Morgan fingerprint density at radius 2 is 2.26 bits per heavy atom. The topological polar surface area (TPSA) is 68.0 Å². The van der Waals surface area contributed by atoms with Gasteiger partial charge in [0.15, 0.2) is 5.69 Å². The van der Waals surface area contributed by atoms with E-state index in [0.717, 1.165) is 0 Å². The van der Waals surface area contributed by atoms with Gasteiger partial charge in [-0.1, -0.05) is 23.7 Å². The van der Waals surface area contributed by atoms with Gasteiger partial charge in [0.25, 0.3) is 0 Å². The fourth-order valence-electron chi connectivity index (χ4n) is 1.80. The number of carboxylic acid groups (broad SMARTS) is 1. The molecule has 0 radical (unpaired) electrons. The van der Waals surface area contributed by atoms with Gasteiger partial charge in [-0.25, -0.2) is 13.9 Å². The number of halogens is 2. The first-order chi connectivity index (χ1) is 9.02. The van der Waals surface area contributed by atoms with Crippen LogP contribution in [0.5, 0.6) is 0 Å². The minimum atomic E-state index is -1.13. The Labute approximate surface area is 113 Å². The summed E-state index contributed by atoms with van der Waals surface area (Å²) in [4.78, 5) is 11.0. The van der Waals surface area contributed by atoms with Crippen molar-refractivity contribution in [2.24, 2.45) is 0 Å². The fraction of sp³-hybridized carbons (Fsp3) is 0.250. The Bertz CT molecular complexity index is 627. The summed E-state index contributed by atoms with van der Waals surface area (Å²) in [5.41, 5.74) is 0.918. The summed E-state index contributed by atoms with van der Waals surface area (Å²) in [6, 6.07) is 4.01. The van der Waals surface area contributed by atoms with Crippen molar-refractivity contribution in [3.63, 3.8) is 0 Å². The molecule has 100 valence electrons. The van der Waals surface area contributed by atoms with Gasteiger partial charge in [0, 0.05) is 5.02 Å². The molecule has 0 aliphatic rings. The van der Waals surface area contributed by atoms with E-state index in [9.17, 15) is 9.18 Å². The summed E-state index contributed by atoms with van der Waals surface area (Å²) in [6.45, 7) is 1.98. The highest BCUT2D eigenvalue weighted by atomic mass is 35.5. The number of aromatic carboxylic acids is 1. The van der Waals surface area contributed by atoms with Crippen molar-refractivity contribution in [2.45, 2.75) is 19.9 Å². The molecule has 0 unspecified atom stereocenters. The van der Waals surface area contributed by atoms with Crippen LogP contribution in [0.3, 0.4) is 0 Å². The molecule has 2 aromatic rings. The second-order valence-electron chi connectivity index (χ2n) is 3.94. The number of benzene rings is 1. The van der Waals surface area contributed by atoms with Gasteiger partial charge in [-0.15, -0.1) is 5.10 Å². The van der Waals surface area contributed by atoms with Gasteiger partial charge in [0.1, 0.15) is 5.82 Å². The maximum absolute atomic E-state index is 13.2. The molecule has 19 heavy (non-hydrogen) atoms. The van der Waals surface area contributed by atoms with E-state index < -0.39 is 11.8 Å². The number of hydrogen-bond donors (Lipinski definition) is 1. The van der Waals surface area contributed by atoms with Crippen molar-refractivity contribution in [1.29, 1.82) is 0 Å². The van der Waals surface area contributed by atoms with Crippen LogP contribution in [0, 0.1) is 5.82 Å². The third kappa shape index (κ3) is 2.73. The third-order valence-electron chi connectivity index (χ3n) is 2.70. The van der Waals surface area contributed by atoms with Crippen molar-refractivity contribution in [2.75, 3.05) is 0 Å². The molecule has 5 nitrogen and oxygen atoms in total. The fourth-order valence-corrected chi connectivity index (χ4v) is 1.98. The van der Waals surface area contributed by atoms with Crippen molar-refractivity contribution in [3.05, 3.63) is 46.0 Å². The summed E-state index contributed by atoms with van der Waals surface area (Å²) < 4.78 is 14.6. The van der Waals surface area contributed by atoms with E-state index in [1.54, 1.807) is 6.92 Å². The van der Waals surface area contributed by atoms with Gasteiger partial charge in [0.2, 0.25) is 0 Å². The van der Waals surface area contributed by atoms with Crippen molar-refractivity contribution >= 4 is 17.6 Å². The Morgan fingerprint density at radius 3 is 2.89 bits per heavy atom. The standard InChI is InChI=1S/C12H11ClFN3O2/c1-2-10-11(12(18)19)15-16-17(10)6-7-5-8(14)3-4-9(7)13/h3-5H,2,6H2,1H3,(H,18,19).